The molecule has 1 aliphatic rings. The number of carbonyl (C=O) groups excluding carboxylic acids is 1. The molecule has 1 fully saturated rings. The van der Waals surface area contributed by atoms with Crippen molar-refractivity contribution in [3.63, 3.8) is 0 Å². The van der Waals surface area contributed by atoms with E-state index in [4.69, 9.17) is 9.47 Å². The Morgan fingerprint density at radius 1 is 1.05 bits per heavy atom. The molecule has 0 heterocycles. The van der Waals surface area contributed by atoms with Crippen molar-refractivity contribution in [1.82, 2.24) is 0 Å². The normalized spacial score (nSPS) is 23.4. The molecule has 0 aromatic heterocycles. The smallest absolute Gasteiger partial charge is 0.316 e. The number of esters is 1. The Morgan fingerprint density at radius 2 is 1.71 bits per heavy atom. The van der Waals surface area contributed by atoms with Crippen molar-refractivity contribution < 1.29 is 14.3 Å². The fraction of sp³-hybridized carbons (Fsp3) is 0.278. The monoisotopic (exact) mass is 282 g/mol. The van der Waals surface area contributed by atoms with E-state index in [1.165, 1.54) is 7.11 Å². The van der Waals surface area contributed by atoms with Crippen LogP contribution in [0, 0.1) is 0 Å². The first-order valence-corrected chi connectivity index (χ1v) is 7.00. The molecule has 0 unspecified atom stereocenters. The molecule has 0 saturated heterocycles. The van der Waals surface area contributed by atoms with Crippen LogP contribution in [0.25, 0.3) is 0 Å². The van der Waals surface area contributed by atoms with Gasteiger partial charge in [0.25, 0.3) is 0 Å². The van der Waals surface area contributed by atoms with Crippen LogP contribution in [0.5, 0.6) is 5.75 Å². The van der Waals surface area contributed by atoms with E-state index in [0.29, 0.717) is 0 Å². The predicted octanol–water partition coefficient (Wildman–Crippen LogP) is 3.29. The van der Waals surface area contributed by atoms with Gasteiger partial charge in [0, 0.05) is 5.92 Å². The van der Waals surface area contributed by atoms with E-state index in [0.717, 1.165) is 23.3 Å². The number of carbonyl (C=O) groups is 1. The minimum atomic E-state index is -0.537. The zero-order valence-corrected chi connectivity index (χ0v) is 12.2. The summed E-state index contributed by atoms with van der Waals surface area (Å²) in [5.41, 5.74) is 1.63. The van der Waals surface area contributed by atoms with Crippen molar-refractivity contribution in [1.29, 1.82) is 0 Å². The highest BCUT2D eigenvalue weighted by Crippen LogP contribution is 2.61. The van der Waals surface area contributed by atoms with E-state index < -0.39 is 5.41 Å². The molecule has 0 N–H and O–H groups in total. The summed E-state index contributed by atoms with van der Waals surface area (Å²) in [5.74, 6) is 0.829. The Morgan fingerprint density at radius 3 is 2.29 bits per heavy atom. The maximum atomic E-state index is 12.4. The van der Waals surface area contributed by atoms with E-state index in [2.05, 4.69) is 0 Å². The Hall–Kier alpha value is -2.29. The summed E-state index contributed by atoms with van der Waals surface area (Å²) >= 11 is 0. The summed E-state index contributed by atoms with van der Waals surface area (Å²) in [6.45, 7) is 0. The van der Waals surface area contributed by atoms with E-state index in [1.807, 2.05) is 54.6 Å². The number of methoxy groups -OCH3 is 2. The lowest BCUT2D eigenvalue weighted by Crippen LogP contribution is -2.24. The topological polar surface area (TPSA) is 35.5 Å². The van der Waals surface area contributed by atoms with Crippen molar-refractivity contribution in [3.8, 4) is 5.75 Å². The molecule has 0 radical (unpaired) electrons. The van der Waals surface area contributed by atoms with Gasteiger partial charge in [-0.05, 0) is 29.7 Å². The van der Waals surface area contributed by atoms with Crippen molar-refractivity contribution in [3.05, 3.63) is 65.7 Å². The molecule has 3 heteroatoms. The first kappa shape index (κ1) is 13.7. The SMILES string of the molecule is COC(=O)[C@@]1(c2ccccc2)C[C@@H]1c1ccc(OC)cc1. The van der Waals surface area contributed by atoms with Gasteiger partial charge in [-0.3, -0.25) is 4.79 Å². The number of hydrogen-bond donors (Lipinski definition) is 0. The molecular formula is C18H18O3. The molecule has 0 spiro atoms. The second-order valence-corrected chi connectivity index (χ2v) is 5.36. The third kappa shape index (κ3) is 2.19. The fourth-order valence-corrected chi connectivity index (χ4v) is 3.08. The lowest BCUT2D eigenvalue weighted by Gasteiger charge is -2.16. The molecule has 2 atom stereocenters. The minimum Gasteiger partial charge on any atom is -0.497 e. The largest absolute Gasteiger partial charge is 0.497 e. The van der Waals surface area contributed by atoms with Gasteiger partial charge in [0.15, 0.2) is 0 Å². The molecule has 21 heavy (non-hydrogen) atoms. The van der Waals surface area contributed by atoms with Gasteiger partial charge in [-0.15, -0.1) is 0 Å². The third-order valence-electron chi connectivity index (χ3n) is 4.32. The summed E-state index contributed by atoms with van der Waals surface area (Å²) in [4.78, 5) is 12.4. The molecule has 2 aromatic carbocycles. The highest BCUT2D eigenvalue weighted by Gasteiger charge is 2.62. The number of ether oxygens (including phenoxy) is 2. The highest BCUT2D eigenvalue weighted by molar-refractivity contribution is 5.89. The van der Waals surface area contributed by atoms with Crippen LogP contribution in [0.1, 0.15) is 23.5 Å². The second kappa shape index (κ2) is 5.24. The summed E-state index contributed by atoms with van der Waals surface area (Å²) in [7, 11) is 3.10. The molecule has 108 valence electrons. The quantitative estimate of drug-likeness (QED) is 0.807. The first-order valence-electron chi connectivity index (χ1n) is 7.00. The molecular weight excluding hydrogens is 264 g/mol. The van der Waals surface area contributed by atoms with Crippen LogP contribution in [0.15, 0.2) is 54.6 Å². The zero-order chi connectivity index (χ0) is 14.9. The van der Waals surface area contributed by atoms with Crippen molar-refractivity contribution in [2.45, 2.75) is 17.8 Å². The van der Waals surface area contributed by atoms with Crippen LogP contribution >= 0.6 is 0 Å². The molecule has 3 nitrogen and oxygen atoms in total. The van der Waals surface area contributed by atoms with Crippen molar-refractivity contribution in [2.24, 2.45) is 0 Å². The van der Waals surface area contributed by atoms with Crippen molar-refractivity contribution in [2.75, 3.05) is 14.2 Å². The lowest BCUT2D eigenvalue weighted by atomic mass is 9.91. The average molecular weight is 282 g/mol. The number of benzene rings is 2. The highest BCUT2D eigenvalue weighted by atomic mass is 16.5. The van der Waals surface area contributed by atoms with Gasteiger partial charge >= 0.3 is 5.97 Å². The summed E-state index contributed by atoms with van der Waals surface area (Å²) in [5, 5.41) is 0. The van der Waals surface area contributed by atoms with Gasteiger partial charge in [0.2, 0.25) is 0 Å². The molecule has 0 aliphatic heterocycles. The van der Waals surface area contributed by atoms with Gasteiger partial charge in [0.05, 0.1) is 14.2 Å². The number of hydrogen-bond acceptors (Lipinski definition) is 3. The lowest BCUT2D eigenvalue weighted by molar-refractivity contribution is -0.143. The van der Waals surface area contributed by atoms with Gasteiger partial charge in [-0.1, -0.05) is 42.5 Å². The van der Waals surface area contributed by atoms with Crippen LogP contribution < -0.4 is 4.74 Å². The van der Waals surface area contributed by atoms with Crippen LogP contribution in [-0.4, -0.2) is 20.2 Å². The van der Waals surface area contributed by atoms with E-state index in [1.54, 1.807) is 7.11 Å². The van der Waals surface area contributed by atoms with Crippen LogP contribution in [0.2, 0.25) is 0 Å². The Kier molecular flexibility index (Phi) is 3.42. The van der Waals surface area contributed by atoms with Gasteiger partial charge in [-0.2, -0.15) is 0 Å². The molecule has 0 bridgehead atoms. The summed E-state index contributed by atoms with van der Waals surface area (Å²) in [6, 6.07) is 17.8. The second-order valence-electron chi connectivity index (χ2n) is 5.36. The standard InChI is InChI=1S/C18H18O3/c1-20-15-10-8-13(9-11-15)16-12-18(16,17(19)21-2)14-6-4-3-5-7-14/h3-11,16H,12H2,1-2H3/t16-,18-/m1/s1. The van der Waals surface area contributed by atoms with Gasteiger partial charge in [-0.25, -0.2) is 0 Å². The molecule has 1 aliphatic carbocycles. The Bertz CT molecular complexity index is 633. The minimum absolute atomic E-state index is 0.158. The van der Waals surface area contributed by atoms with Gasteiger partial charge in [0.1, 0.15) is 11.2 Å². The van der Waals surface area contributed by atoms with E-state index in [9.17, 15) is 4.79 Å². The Balaban J connectivity index is 1.96. The van der Waals surface area contributed by atoms with E-state index >= 15 is 0 Å². The fourth-order valence-electron chi connectivity index (χ4n) is 3.08. The van der Waals surface area contributed by atoms with Gasteiger partial charge < -0.3 is 9.47 Å². The maximum Gasteiger partial charge on any atom is 0.316 e. The average Bonchev–Trinajstić information content (AvgIpc) is 3.32. The molecule has 1 saturated carbocycles. The Labute approximate surface area is 124 Å². The van der Waals surface area contributed by atoms with Crippen LogP contribution in [0.3, 0.4) is 0 Å². The van der Waals surface area contributed by atoms with Crippen molar-refractivity contribution >= 4 is 5.97 Å². The molecule has 3 rings (SSSR count). The third-order valence-corrected chi connectivity index (χ3v) is 4.32. The van der Waals surface area contributed by atoms with E-state index in [-0.39, 0.29) is 11.9 Å². The molecule has 2 aromatic rings. The van der Waals surface area contributed by atoms with Crippen LogP contribution in [-0.2, 0) is 14.9 Å². The predicted molar refractivity (Wildman–Crippen MR) is 80.5 cm³/mol. The summed E-state index contributed by atoms with van der Waals surface area (Å²) < 4.78 is 10.2. The first-order chi connectivity index (χ1) is 10.2. The maximum absolute atomic E-state index is 12.4. The molecule has 0 amide bonds. The number of rotatable bonds is 4. The zero-order valence-electron chi connectivity index (χ0n) is 12.2. The van der Waals surface area contributed by atoms with Crippen LogP contribution in [0.4, 0.5) is 0 Å². The summed E-state index contributed by atoms with van der Waals surface area (Å²) in [6.07, 6.45) is 0.788.